The minimum Gasteiger partial charge on any atom is -0.497 e. The minimum atomic E-state index is -4.93. The van der Waals surface area contributed by atoms with Gasteiger partial charge < -0.3 is 39.2 Å². The molecule has 412 valence electrons. The summed E-state index contributed by atoms with van der Waals surface area (Å²) in [6, 6.07) is 8.23. The average Bonchev–Trinajstić information content (AvgIpc) is 4.15. The van der Waals surface area contributed by atoms with E-state index in [4.69, 9.17) is 18.4 Å². The van der Waals surface area contributed by atoms with E-state index >= 15 is 0 Å². The lowest BCUT2D eigenvalue weighted by Crippen LogP contribution is -2.60. The van der Waals surface area contributed by atoms with Gasteiger partial charge in [0.1, 0.15) is 35.2 Å². The maximum absolute atomic E-state index is 14.4. The molecule has 2 saturated carbocycles. The summed E-state index contributed by atoms with van der Waals surface area (Å²) in [5.74, 6) is -2.91. The second-order valence-corrected chi connectivity index (χ2v) is 21.4. The van der Waals surface area contributed by atoms with Crippen LogP contribution in [0.5, 0.6) is 17.4 Å². The van der Waals surface area contributed by atoms with Gasteiger partial charge in [0.2, 0.25) is 28.9 Å². The number of alkyl halides is 6. The van der Waals surface area contributed by atoms with Crippen LogP contribution in [-0.2, 0) is 38.3 Å². The molecule has 75 heavy (non-hydrogen) atoms. The number of nitro groups is 1. The number of carbonyl (C=O) groups is 5. The number of rotatable bonds is 16. The molecular weight excluding hydrogens is 1030 g/mol. The maximum atomic E-state index is 14.4. The second-order valence-electron chi connectivity index (χ2n) is 20.2. The minimum absolute atomic E-state index is 0.0160. The van der Waals surface area contributed by atoms with Crippen LogP contribution in [0.15, 0.2) is 67.4 Å². The molecule has 1 aromatic heterocycles. The molecule has 3 N–H and O–H groups in total. The smallest absolute Gasteiger partial charge is 0.497 e. The molecule has 1 aliphatic heterocycles. The fraction of sp³-hybridized carbons (Fsp3) is 0.532. The van der Waals surface area contributed by atoms with Crippen molar-refractivity contribution in [1.29, 1.82) is 0 Å². The van der Waals surface area contributed by atoms with E-state index in [1.807, 2.05) is 4.72 Å². The molecule has 4 amide bonds. The largest absolute Gasteiger partial charge is 0.514 e. The zero-order valence-corrected chi connectivity index (χ0v) is 42.8. The third-order valence-electron chi connectivity index (χ3n) is 12.3. The zero-order valence-electron chi connectivity index (χ0n) is 42.0. The van der Waals surface area contributed by atoms with Crippen molar-refractivity contribution in [2.75, 3.05) is 13.7 Å². The van der Waals surface area contributed by atoms with Crippen LogP contribution < -0.4 is 29.6 Å². The average molecular weight is 1090 g/mol. The lowest BCUT2D eigenvalue weighted by molar-refractivity contribution is -0.384. The number of hydrogen-bond donors (Lipinski definition) is 3. The van der Waals surface area contributed by atoms with E-state index in [1.54, 1.807) is 52.0 Å². The van der Waals surface area contributed by atoms with Crippen molar-refractivity contribution >= 4 is 56.7 Å². The molecule has 2 aliphatic carbocycles. The van der Waals surface area contributed by atoms with Crippen molar-refractivity contribution in [3.8, 4) is 17.4 Å². The lowest BCUT2D eigenvalue weighted by Gasteiger charge is -2.36. The van der Waals surface area contributed by atoms with Gasteiger partial charge in [-0.05, 0) is 101 Å². The van der Waals surface area contributed by atoms with E-state index in [0.717, 1.165) is 29.2 Å². The number of ether oxygens (including phenoxy) is 5. The number of pyridine rings is 1. The third-order valence-corrected chi connectivity index (χ3v) is 13.3. The number of carbonyl (C=O) groups excluding carboxylic acids is 5. The number of likely N-dealkylation sites (tertiary alicyclic amines) is 1. The number of halogens is 6. The van der Waals surface area contributed by atoms with Gasteiger partial charge in [0.15, 0.2) is 0 Å². The van der Waals surface area contributed by atoms with Crippen molar-refractivity contribution in [3.63, 3.8) is 0 Å². The van der Waals surface area contributed by atoms with Crippen molar-refractivity contribution in [1.82, 2.24) is 25.2 Å². The van der Waals surface area contributed by atoms with Gasteiger partial charge in [-0.25, -0.2) is 23.5 Å². The molecule has 0 radical (unpaired) electrons. The molecule has 6 rings (SSSR count). The summed E-state index contributed by atoms with van der Waals surface area (Å²) in [7, 11) is -3.05. The number of fused-ring (bicyclic) bond motifs is 1. The summed E-state index contributed by atoms with van der Waals surface area (Å²) in [5, 5.41) is 16.6. The molecule has 3 aromatic rings. The Balaban J connectivity index is 0.000000436. The molecule has 0 spiro atoms. The highest BCUT2D eigenvalue weighted by molar-refractivity contribution is 7.85. The zero-order chi connectivity index (χ0) is 56.5. The van der Waals surface area contributed by atoms with Crippen molar-refractivity contribution in [3.05, 3.63) is 77.5 Å². The third kappa shape index (κ3) is 14.5. The number of nitrogens with zero attached hydrogens (tertiary/aromatic N) is 3. The number of aromatic nitrogens is 1. The summed E-state index contributed by atoms with van der Waals surface area (Å²) in [4.78, 5) is 81.4. The number of amides is 4. The molecule has 2 aromatic carbocycles. The van der Waals surface area contributed by atoms with Crippen LogP contribution in [0.2, 0.25) is 0 Å². The number of benzene rings is 2. The molecule has 1 saturated heterocycles. The summed E-state index contributed by atoms with van der Waals surface area (Å²) < 4.78 is 135. The Morgan fingerprint density at radius 1 is 0.907 bits per heavy atom. The Bertz CT molecular complexity index is 2800. The highest BCUT2D eigenvalue weighted by atomic mass is 32.2. The van der Waals surface area contributed by atoms with Gasteiger partial charge >= 0.3 is 34.9 Å². The molecule has 0 bridgehead atoms. The van der Waals surface area contributed by atoms with Gasteiger partial charge in [-0.15, -0.1) is 6.58 Å². The van der Waals surface area contributed by atoms with Crippen LogP contribution in [0.4, 0.5) is 41.6 Å². The van der Waals surface area contributed by atoms with Gasteiger partial charge in [-0.3, -0.25) is 24.5 Å². The predicted molar refractivity (Wildman–Crippen MR) is 251 cm³/mol. The monoisotopic (exact) mass is 1090 g/mol. The molecule has 3 aliphatic rings. The first kappa shape index (κ1) is 58.9. The van der Waals surface area contributed by atoms with E-state index in [0.29, 0.717) is 57.1 Å². The van der Waals surface area contributed by atoms with Gasteiger partial charge in [0, 0.05) is 36.1 Å². The van der Waals surface area contributed by atoms with E-state index in [-0.39, 0.29) is 36.7 Å². The molecular formula is C47H56F6N6O15S. The Morgan fingerprint density at radius 2 is 1.49 bits per heavy atom. The van der Waals surface area contributed by atoms with Crippen molar-refractivity contribution < 1.29 is 91.5 Å². The first-order chi connectivity index (χ1) is 34.4. The number of nitrogens with one attached hydrogen (secondary N) is 3. The van der Waals surface area contributed by atoms with Crippen LogP contribution in [0.1, 0.15) is 81.1 Å². The Labute approximate surface area is 426 Å². The summed E-state index contributed by atoms with van der Waals surface area (Å²) in [5.41, 5.74) is -9.69. The predicted octanol–water partition coefficient (Wildman–Crippen LogP) is 7.52. The SMILES string of the molecule is C=C[C@@H]1C[C@]1(NC(=O)[C@@H]1CC(Oc2nccc3cc(OC)ccc23)CN1C(=O)[C@@H](NC(=O)OC(C)(C)C(F)(F)F)C(C)(C)C)C(=O)NS(=O)(=O)OC1(C)CC1.CC(C)(OC(=O)Oc1ccc([N+](=O)[O-])cc1)C(F)(F)F. The van der Waals surface area contributed by atoms with Crippen molar-refractivity contribution in [2.24, 2.45) is 11.3 Å². The number of hydrogen-bond acceptors (Lipinski definition) is 16. The normalized spacial score (nSPS) is 20.7. The highest BCUT2D eigenvalue weighted by Crippen LogP contribution is 2.46. The van der Waals surface area contributed by atoms with E-state index in [1.165, 1.54) is 19.4 Å². The Morgan fingerprint density at radius 3 is 2.01 bits per heavy atom. The summed E-state index contributed by atoms with van der Waals surface area (Å²) in [6.45, 7) is 12.3. The molecule has 5 atom stereocenters. The lowest BCUT2D eigenvalue weighted by atomic mass is 9.85. The standard InChI is InChI=1S/C36H46F3N5O10S.C11H10F3NO5/c1-9-21-18-35(21,30(47)43-55(49,50)54-34(7)13-14-34)42-27(45)25-17-23(52-28-24-11-10-22(51-8)16-20(24)12-15-40-28)19-44(25)29(46)26(32(2,3)4)41-31(48)53-33(5,6)36(37,38)39;1-10(2,11(12,13)14)20-9(16)19-8-5-3-7(4-6-8)15(17)18/h9-12,15-16,21,23,25-26H,1,13-14,17-19H2,2-8H3,(H,41,48)(H,42,45)(H,43,47);3-6H,1-2H3/t21-,23?,25+,26-,35-;/m1./s1. The Hall–Kier alpha value is -6.97. The van der Waals surface area contributed by atoms with Crippen LogP contribution in [-0.4, -0.2) is 120 Å². The number of alkyl carbamates (subject to hydrolysis) is 1. The van der Waals surface area contributed by atoms with Crippen LogP contribution >= 0.6 is 0 Å². The summed E-state index contributed by atoms with van der Waals surface area (Å²) >= 11 is 0. The van der Waals surface area contributed by atoms with Gasteiger partial charge in [0.05, 0.1) is 24.2 Å². The molecule has 1 unspecified atom stereocenters. The molecule has 21 nitrogen and oxygen atoms in total. The topological polar surface area (TPSA) is 270 Å². The fourth-order valence-corrected chi connectivity index (χ4v) is 8.39. The van der Waals surface area contributed by atoms with Gasteiger partial charge in [-0.2, -0.15) is 34.8 Å². The van der Waals surface area contributed by atoms with Crippen LogP contribution in [0.3, 0.4) is 0 Å². The highest BCUT2D eigenvalue weighted by Gasteiger charge is 2.62. The maximum Gasteiger partial charge on any atom is 0.514 e. The quantitative estimate of drug-likeness (QED) is 0.0313. The molecule has 3 fully saturated rings. The van der Waals surface area contributed by atoms with Crippen molar-refractivity contribution in [2.45, 2.75) is 134 Å². The van der Waals surface area contributed by atoms with Gasteiger partial charge in [-0.1, -0.05) is 26.8 Å². The van der Waals surface area contributed by atoms with E-state index < -0.39 is 109 Å². The number of methoxy groups -OCH3 is 1. The fourth-order valence-electron chi connectivity index (χ4n) is 7.24. The number of non-ortho nitro benzene ring substituents is 1. The van der Waals surface area contributed by atoms with E-state index in [9.17, 15) is 68.8 Å². The first-order valence-corrected chi connectivity index (χ1v) is 24.2. The molecule has 28 heteroatoms. The molecule has 2 heterocycles. The second kappa shape index (κ2) is 21.3. The van der Waals surface area contributed by atoms with Crippen LogP contribution in [0.25, 0.3) is 10.8 Å². The van der Waals surface area contributed by atoms with Gasteiger partial charge in [0.25, 0.3) is 11.6 Å². The Kier molecular flexibility index (Phi) is 16.8. The van der Waals surface area contributed by atoms with Crippen LogP contribution in [0, 0.1) is 21.4 Å². The number of nitro benzene ring substituents is 1. The van der Waals surface area contributed by atoms with E-state index in [2.05, 4.69) is 31.7 Å². The first-order valence-electron chi connectivity index (χ1n) is 22.8. The summed E-state index contributed by atoms with van der Waals surface area (Å²) in [6.07, 6.45) is -10.0.